The molecule has 1 aromatic rings. The zero-order valence-electron chi connectivity index (χ0n) is 14.0. The van der Waals surface area contributed by atoms with Crippen molar-refractivity contribution in [1.29, 1.82) is 0 Å². The van der Waals surface area contributed by atoms with E-state index in [0.717, 1.165) is 11.1 Å². The Morgan fingerprint density at radius 3 is 2.79 bits per heavy atom. The molecule has 3 atom stereocenters. The second-order valence-electron chi connectivity index (χ2n) is 6.01. The lowest BCUT2D eigenvalue weighted by Crippen LogP contribution is -2.43. The number of aryl methyl sites for hydroxylation is 1. The van der Waals surface area contributed by atoms with Gasteiger partial charge in [0.25, 0.3) is 0 Å². The van der Waals surface area contributed by atoms with E-state index in [0.29, 0.717) is 19.4 Å². The van der Waals surface area contributed by atoms with E-state index < -0.39 is 18.1 Å². The molecule has 1 amide bonds. The van der Waals surface area contributed by atoms with E-state index in [9.17, 15) is 14.7 Å². The van der Waals surface area contributed by atoms with Crippen LogP contribution in [0.2, 0.25) is 0 Å². The fourth-order valence-electron chi connectivity index (χ4n) is 2.79. The minimum absolute atomic E-state index is 0. The van der Waals surface area contributed by atoms with E-state index in [4.69, 9.17) is 4.74 Å². The number of aliphatic hydroxyl groups is 1. The number of hydrogen-bond acceptors (Lipinski definition) is 5. The number of ether oxygens (including phenoxy) is 1. The number of carbonyl (C=O) groups is 2. The number of benzene rings is 1. The van der Waals surface area contributed by atoms with Crippen molar-refractivity contribution in [3.8, 4) is 0 Å². The maximum atomic E-state index is 12.1. The second-order valence-corrected chi connectivity index (χ2v) is 6.01. The Kier molecular flexibility index (Phi) is 8.18. The third-order valence-electron chi connectivity index (χ3n) is 4.05. The number of hydrogen-bond donors (Lipinski definition) is 3. The van der Waals surface area contributed by atoms with E-state index in [1.54, 1.807) is 0 Å². The molecule has 1 aromatic carbocycles. The van der Waals surface area contributed by atoms with Crippen LogP contribution in [0.15, 0.2) is 24.3 Å². The standard InChI is InChI=1S/C17H24N2O4.ClH/c1-11-4-3-5-12(6-11)7-13(17(22)23-2)9-19-16(21)15-8-14(20)10-18-15;/h3-6,13-15,18,20H,7-10H2,1-2H3,(H,19,21);1H. The Morgan fingerprint density at radius 1 is 1.46 bits per heavy atom. The Labute approximate surface area is 148 Å². The second kappa shape index (κ2) is 9.61. The van der Waals surface area contributed by atoms with Crippen molar-refractivity contribution in [2.24, 2.45) is 5.92 Å². The largest absolute Gasteiger partial charge is 0.469 e. The average Bonchev–Trinajstić information content (AvgIpc) is 2.97. The van der Waals surface area contributed by atoms with E-state index in [1.165, 1.54) is 7.11 Å². The van der Waals surface area contributed by atoms with Gasteiger partial charge in [-0.3, -0.25) is 9.59 Å². The first kappa shape index (κ1) is 20.4. The molecule has 24 heavy (non-hydrogen) atoms. The van der Waals surface area contributed by atoms with Gasteiger partial charge in [-0.05, 0) is 25.3 Å². The first-order valence-corrected chi connectivity index (χ1v) is 7.82. The van der Waals surface area contributed by atoms with Crippen molar-refractivity contribution in [3.63, 3.8) is 0 Å². The van der Waals surface area contributed by atoms with Crippen molar-refractivity contribution in [1.82, 2.24) is 10.6 Å². The molecular formula is C17H25ClN2O4. The highest BCUT2D eigenvalue weighted by Crippen LogP contribution is 2.12. The first-order valence-electron chi connectivity index (χ1n) is 7.82. The third-order valence-corrected chi connectivity index (χ3v) is 4.05. The number of aliphatic hydroxyl groups excluding tert-OH is 1. The number of β-amino-alcohol motifs (C(OH)–C–C–N with tert-alkyl or cyclic N) is 1. The molecule has 3 unspecified atom stereocenters. The molecule has 0 radical (unpaired) electrons. The monoisotopic (exact) mass is 356 g/mol. The molecule has 1 heterocycles. The summed E-state index contributed by atoms with van der Waals surface area (Å²) >= 11 is 0. The van der Waals surface area contributed by atoms with E-state index >= 15 is 0 Å². The smallest absolute Gasteiger partial charge is 0.310 e. The summed E-state index contributed by atoms with van der Waals surface area (Å²) in [6, 6.07) is 7.52. The van der Waals surface area contributed by atoms with Gasteiger partial charge in [-0.1, -0.05) is 29.8 Å². The summed E-state index contributed by atoms with van der Waals surface area (Å²) in [6.07, 6.45) is 0.413. The van der Waals surface area contributed by atoms with Crippen molar-refractivity contribution in [2.45, 2.75) is 31.9 Å². The Bertz CT molecular complexity index is 567. The van der Waals surface area contributed by atoms with Crippen LogP contribution in [-0.2, 0) is 20.7 Å². The van der Waals surface area contributed by atoms with Gasteiger partial charge in [-0.25, -0.2) is 0 Å². The maximum absolute atomic E-state index is 12.1. The highest BCUT2D eigenvalue weighted by atomic mass is 35.5. The normalized spacial score (nSPS) is 20.8. The van der Waals surface area contributed by atoms with Gasteiger partial charge < -0.3 is 20.5 Å². The molecule has 2 rings (SSSR count). The van der Waals surface area contributed by atoms with Gasteiger partial charge in [-0.2, -0.15) is 0 Å². The topological polar surface area (TPSA) is 87.7 Å². The van der Waals surface area contributed by atoms with Crippen LogP contribution in [0.25, 0.3) is 0 Å². The SMILES string of the molecule is COC(=O)C(CNC(=O)C1CC(O)CN1)Cc1cccc(C)c1.Cl. The Morgan fingerprint density at radius 2 is 2.21 bits per heavy atom. The lowest BCUT2D eigenvalue weighted by molar-refractivity contribution is -0.145. The molecule has 1 aliphatic heterocycles. The van der Waals surface area contributed by atoms with E-state index in [1.807, 2.05) is 31.2 Å². The fourth-order valence-corrected chi connectivity index (χ4v) is 2.79. The van der Waals surface area contributed by atoms with E-state index in [2.05, 4.69) is 10.6 Å². The third kappa shape index (κ3) is 5.78. The number of halogens is 1. The molecule has 134 valence electrons. The molecule has 0 aliphatic carbocycles. The van der Waals surface area contributed by atoms with Gasteiger partial charge in [-0.15, -0.1) is 12.4 Å². The number of methoxy groups -OCH3 is 1. The highest BCUT2D eigenvalue weighted by molar-refractivity contribution is 5.85. The predicted molar refractivity (Wildman–Crippen MR) is 93.1 cm³/mol. The van der Waals surface area contributed by atoms with Crippen LogP contribution in [0.4, 0.5) is 0 Å². The average molecular weight is 357 g/mol. The van der Waals surface area contributed by atoms with Crippen LogP contribution >= 0.6 is 12.4 Å². The summed E-state index contributed by atoms with van der Waals surface area (Å²) < 4.78 is 4.84. The zero-order chi connectivity index (χ0) is 16.8. The molecule has 0 spiro atoms. The molecule has 0 bridgehead atoms. The minimum Gasteiger partial charge on any atom is -0.469 e. The van der Waals surface area contributed by atoms with Crippen LogP contribution in [-0.4, -0.2) is 49.3 Å². The number of rotatable bonds is 6. The Hall–Kier alpha value is -1.63. The van der Waals surface area contributed by atoms with Gasteiger partial charge in [0.15, 0.2) is 0 Å². The van der Waals surface area contributed by atoms with Crippen LogP contribution in [0.3, 0.4) is 0 Å². The quantitative estimate of drug-likeness (QED) is 0.649. The fraction of sp³-hybridized carbons (Fsp3) is 0.529. The molecule has 6 nitrogen and oxygen atoms in total. The summed E-state index contributed by atoms with van der Waals surface area (Å²) in [6.45, 7) is 2.63. The van der Waals surface area contributed by atoms with E-state index in [-0.39, 0.29) is 30.8 Å². The van der Waals surface area contributed by atoms with Crippen molar-refractivity contribution in [3.05, 3.63) is 35.4 Å². The molecule has 1 aliphatic rings. The maximum Gasteiger partial charge on any atom is 0.310 e. The van der Waals surface area contributed by atoms with Crippen LogP contribution in [0.5, 0.6) is 0 Å². The Balaban J connectivity index is 0.00000288. The lowest BCUT2D eigenvalue weighted by atomic mass is 9.98. The first-order chi connectivity index (χ1) is 11.0. The number of carbonyl (C=O) groups excluding carboxylic acids is 2. The van der Waals surface area contributed by atoms with Gasteiger partial charge >= 0.3 is 5.97 Å². The summed E-state index contributed by atoms with van der Waals surface area (Å²) in [4.78, 5) is 24.0. The molecule has 0 aromatic heterocycles. The molecule has 3 N–H and O–H groups in total. The summed E-state index contributed by atoms with van der Waals surface area (Å²) in [5.74, 6) is -0.969. The van der Waals surface area contributed by atoms with Crippen molar-refractivity contribution < 1.29 is 19.4 Å². The predicted octanol–water partition coefficient (Wildman–Crippen LogP) is 0.588. The van der Waals surface area contributed by atoms with Gasteiger partial charge in [0.1, 0.15) is 0 Å². The molecule has 0 saturated carbocycles. The number of nitrogens with one attached hydrogen (secondary N) is 2. The van der Waals surface area contributed by atoms with Crippen molar-refractivity contribution in [2.75, 3.05) is 20.2 Å². The summed E-state index contributed by atoms with van der Waals surface area (Å²) in [7, 11) is 1.35. The molecule has 7 heteroatoms. The number of esters is 1. The van der Waals surface area contributed by atoms with Gasteiger partial charge in [0, 0.05) is 13.1 Å². The van der Waals surface area contributed by atoms with Crippen LogP contribution in [0, 0.1) is 12.8 Å². The zero-order valence-corrected chi connectivity index (χ0v) is 14.8. The highest BCUT2D eigenvalue weighted by Gasteiger charge is 2.29. The molecule has 1 fully saturated rings. The van der Waals surface area contributed by atoms with Gasteiger partial charge in [0.2, 0.25) is 5.91 Å². The lowest BCUT2D eigenvalue weighted by Gasteiger charge is -2.17. The minimum atomic E-state index is -0.491. The van der Waals surface area contributed by atoms with Crippen molar-refractivity contribution >= 4 is 24.3 Å². The molecule has 1 saturated heterocycles. The van der Waals surface area contributed by atoms with Crippen LogP contribution < -0.4 is 10.6 Å². The molecular weight excluding hydrogens is 332 g/mol. The van der Waals surface area contributed by atoms with Crippen LogP contribution in [0.1, 0.15) is 17.5 Å². The van der Waals surface area contributed by atoms with Gasteiger partial charge in [0.05, 0.1) is 25.2 Å². The summed E-state index contributed by atoms with van der Waals surface area (Å²) in [5.41, 5.74) is 2.16. The number of amides is 1. The summed E-state index contributed by atoms with van der Waals surface area (Å²) in [5, 5.41) is 15.2.